The maximum Gasteiger partial charge on any atom is 0.306 e. The molecule has 0 unspecified atom stereocenters. The molecular formula is C19H28N5O3+. The number of benzene rings is 1. The molecule has 1 aromatic heterocycles. The van der Waals surface area contributed by atoms with Crippen LogP contribution in [0.25, 0.3) is 0 Å². The van der Waals surface area contributed by atoms with Crippen LogP contribution in [0.3, 0.4) is 0 Å². The van der Waals surface area contributed by atoms with Crippen molar-refractivity contribution in [1.29, 1.82) is 0 Å². The minimum absolute atomic E-state index is 0.110. The van der Waals surface area contributed by atoms with Gasteiger partial charge >= 0.3 is 5.88 Å². The molecule has 3 rings (SSSR count). The second-order valence-electron chi connectivity index (χ2n) is 7.67. The Bertz CT molecular complexity index is 785. The number of hydrogen-bond acceptors (Lipinski definition) is 6. The highest BCUT2D eigenvalue weighted by atomic mass is 16.5. The van der Waals surface area contributed by atoms with Gasteiger partial charge in [0.05, 0.1) is 18.4 Å². The number of anilines is 1. The van der Waals surface area contributed by atoms with Gasteiger partial charge in [-0.2, -0.15) is 0 Å². The van der Waals surface area contributed by atoms with E-state index in [-0.39, 0.29) is 11.4 Å². The molecule has 1 aromatic carbocycles. The van der Waals surface area contributed by atoms with Gasteiger partial charge in [0, 0.05) is 24.7 Å². The van der Waals surface area contributed by atoms with Crippen LogP contribution in [0, 0.1) is 0 Å². The van der Waals surface area contributed by atoms with Crippen LogP contribution in [-0.2, 0) is 0 Å². The van der Waals surface area contributed by atoms with Gasteiger partial charge in [0.2, 0.25) is 5.27 Å². The van der Waals surface area contributed by atoms with Crippen molar-refractivity contribution < 1.29 is 18.8 Å². The van der Waals surface area contributed by atoms with E-state index < -0.39 is 0 Å². The number of nitrogens with zero attached hydrogens (tertiary/aromatic N) is 4. The first-order valence-electron chi connectivity index (χ1n) is 9.16. The molecule has 1 N–H and O–H groups in total. The van der Waals surface area contributed by atoms with Crippen molar-refractivity contribution in [2.45, 2.75) is 39.3 Å². The molecule has 27 heavy (non-hydrogen) atoms. The fraction of sp³-hybridized carbons (Fsp3) is 0.526. The van der Waals surface area contributed by atoms with E-state index in [1.807, 2.05) is 0 Å². The number of hydrogen-bond donors (Lipinski definition) is 1. The number of amides is 1. The summed E-state index contributed by atoms with van der Waals surface area (Å²) in [4.78, 5) is 16.5. The predicted octanol–water partition coefficient (Wildman–Crippen LogP) is 1.66. The average molecular weight is 374 g/mol. The zero-order chi connectivity index (χ0) is 19.6. The number of carbonyl (C=O) groups is 1. The SMILES string of the molecule is COc1ccc(C(=O)Nc2c[n+](N3CCN(C(C)C)CC3(C)C)no2)cc1. The maximum absolute atomic E-state index is 12.4. The van der Waals surface area contributed by atoms with Gasteiger partial charge in [-0.25, -0.2) is 0 Å². The summed E-state index contributed by atoms with van der Waals surface area (Å²) in [7, 11) is 1.59. The minimum atomic E-state index is -0.259. The number of aromatic nitrogens is 2. The van der Waals surface area contributed by atoms with Crippen molar-refractivity contribution >= 4 is 11.8 Å². The van der Waals surface area contributed by atoms with E-state index in [1.54, 1.807) is 42.4 Å². The molecule has 0 atom stereocenters. The van der Waals surface area contributed by atoms with Crippen molar-refractivity contribution in [2.24, 2.45) is 0 Å². The molecule has 2 heterocycles. The molecule has 146 valence electrons. The zero-order valence-corrected chi connectivity index (χ0v) is 16.6. The third-order valence-corrected chi connectivity index (χ3v) is 4.91. The fourth-order valence-corrected chi connectivity index (χ4v) is 3.34. The number of carbonyl (C=O) groups excluding carboxylic acids is 1. The third kappa shape index (κ3) is 4.21. The summed E-state index contributed by atoms with van der Waals surface area (Å²) in [5.74, 6) is 0.745. The second-order valence-corrected chi connectivity index (χ2v) is 7.67. The van der Waals surface area contributed by atoms with Crippen LogP contribution in [0.15, 0.2) is 35.0 Å². The van der Waals surface area contributed by atoms with Crippen LogP contribution in [0.5, 0.6) is 5.75 Å². The highest BCUT2D eigenvalue weighted by Crippen LogP contribution is 2.19. The van der Waals surface area contributed by atoms with Gasteiger partial charge in [0.1, 0.15) is 11.3 Å². The van der Waals surface area contributed by atoms with E-state index in [2.05, 4.69) is 48.2 Å². The Labute approximate surface area is 159 Å². The quantitative estimate of drug-likeness (QED) is 0.803. The summed E-state index contributed by atoms with van der Waals surface area (Å²) >= 11 is 0. The highest BCUT2D eigenvalue weighted by Gasteiger charge is 2.41. The molecule has 1 fully saturated rings. The largest absolute Gasteiger partial charge is 0.497 e. The number of nitrogens with one attached hydrogen (secondary N) is 1. The molecule has 1 saturated heterocycles. The summed E-state index contributed by atoms with van der Waals surface area (Å²) in [6.45, 7) is 11.5. The summed E-state index contributed by atoms with van der Waals surface area (Å²) in [6, 6.07) is 7.39. The van der Waals surface area contributed by atoms with E-state index in [4.69, 9.17) is 9.26 Å². The molecule has 1 aliphatic rings. The predicted molar refractivity (Wildman–Crippen MR) is 102 cm³/mol. The van der Waals surface area contributed by atoms with Gasteiger partial charge in [-0.15, -0.1) is 5.01 Å². The van der Waals surface area contributed by atoms with Crippen LogP contribution in [0.1, 0.15) is 38.1 Å². The van der Waals surface area contributed by atoms with Crippen LogP contribution in [0.4, 0.5) is 5.88 Å². The molecule has 0 radical (unpaired) electrons. The lowest BCUT2D eigenvalue weighted by Crippen LogP contribution is -2.74. The molecule has 2 aromatic rings. The van der Waals surface area contributed by atoms with Gasteiger partial charge in [-0.3, -0.25) is 19.5 Å². The molecule has 8 nitrogen and oxygen atoms in total. The Morgan fingerprint density at radius 1 is 1.30 bits per heavy atom. The minimum Gasteiger partial charge on any atom is -0.497 e. The van der Waals surface area contributed by atoms with E-state index >= 15 is 0 Å². The lowest BCUT2D eigenvalue weighted by Gasteiger charge is -2.43. The Morgan fingerprint density at radius 2 is 2.00 bits per heavy atom. The molecule has 1 amide bonds. The van der Waals surface area contributed by atoms with E-state index in [0.29, 0.717) is 23.2 Å². The van der Waals surface area contributed by atoms with Crippen molar-refractivity contribution in [3.05, 3.63) is 36.0 Å². The third-order valence-electron chi connectivity index (χ3n) is 4.91. The lowest BCUT2D eigenvalue weighted by atomic mass is 10.00. The Balaban J connectivity index is 1.68. The molecule has 1 aliphatic heterocycles. The summed E-state index contributed by atoms with van der Waals surface area (Å²) in [5, 5.41) is 8.99. The highest BCUT2D eigenvalue weighted by molar-refractivity contribution is 6.03. The van der Waals surface area contributed by atoms with Crippen molar-refractivity contribution in [3.8, 4) is 5.75 Å². The summed E-state index contributed by atoms with van der Waals surface area (Å²) < 4.78 is 10.4. The molecule has 8 heteroatoms. The van der Waals surface area contributed by atoms with E-state index in [1.165, 1.54) is 0 Å². The molecular weight excluding hydrogens is 346 g/mol. The van der Waals surface area contributed by atoms with E-state index in [9.17, 15) is 4.79 Å². The number of methoxy groups -OCH3 is 1. The molecule has 0 aliphatic carbocycles. The summed E-state index contributed by atoms with van der Waals surface area (Å²) in [5.41, 5.74) is 0.408. The Morgan fingerprint density at radius 3 is 2.59 bits per heavy atom. The van der Waals surface area contributed by atoms with Crippen LogP contribution in [0.2, 0.25) is 0 Å². The van der Waals surface area contributed by atoms with Gasteiger partial charge in [0.25, 0.3) is 12.1 Å². The topological polar surface area (TPSA) is 74.7 Å². The number of ether oxygens (including phenoxy) is 1. The second kappa shape index (κ2) is 7.56. The molecule has 0 saturated carbocycles. The van der Waals surface area contributed by atoms with Crippen LogP contribution < -0.4 is 19.9 Å². The number of piperazine rings is 1. The van der Waals surface area contributed by atoms with E-state index in [0.717, 1.165) is 19.6 Å². The first-order chi connectivity index (χ1) is 12.8. The van der Waals surface area contributed by atoms with Crippen molar-refractivity contribution in [3.63, 3.8) is 0 Å². The summed E-state index contributed by atoms with van der Waals surface area (Å²) in [6.07, 6.45) is 1.70. The standard InChI is InChI=1S/C19H27N5O3/c1-14(2)22-10-11-23(19(3,4)13-22)24-12-17(27-21-24)20-18(25)15-6-8-16(26-5)9-7-15/h6-9,12,14H,10-11,13H2,1-5H3/p+1. The monoisotopic (exact) mass is 374 g/mol. The zero-order valence-electron chi connectivity index (χ0n) is 16.6. The van der Waals surface area contributed by atoms with Crippen molar-refractivity contribution in [2.75, 3.05) is 37.1 Å². The van der Waals surface area contributed by atoms with Gasteiger partial charge in [-0.1, -0.05) is 0 Å². The number of rotatable bonds is 5. The van der Waals surface area contributed by atoms with Gasteiger partial charge < -0.3 is 4.74 Å². The van der Waals surface area contributed by atoms with Gasteiger partial charge in [0.15, 0.2) is 0 Å². The van der Waals surface area contributed by atoms with Crippen LogP contribution in [-0.4, -0.2) is 54.4 Å². The van der Waals surface area contributed by atoms with Crippen molar-refractivity contribution in [1.82, 2.24) is 10.2 Å². The fourth-order valence-electron chi connectivity index (χ4n) is 3.34. The Hall–Kier alpha value is -2.61. The lowest BCUT2D eigenvalue weighted by molar-refractivity contribution is -0.766. The first-order valence-corrected chi connectivity index (χ1v) is 9.16. The Kier molecular flexibility index (Phi) is 5.36. The maximum atomic E-state index is 12.4. The smallest absolute Gasteiger partial charge is 0.306 e. The van der Waals surface area contributed by atoms with Gasteiger partial charge in [-0.05, 0) is 52.0 Å². The average Bonchev–Trinajstić information content (AvgIpc) is 3.08. The van der Waals surface area contributed by atoms with Crippen LogP contribution >= 0.6 is 0 Å². The first kappa shape index (κ1) is 19.2. The molecule has 0 spiro atoms. The normalized spacial score (nSPS) is 17.2. The molecule has 0 bridgehead atoms.